The molecule has 0 fully saturated rings. The molecule has 0 atom stereocenters. The first-order valence-electron chi connectivity index (χ1n) is 16.5. The molecule has 0 aromatic heterocycles. The molecule has 0 spiro atoms. The summed E-state index contributed by atoms with van der Waals surface area (Å²) in [6, 6.07) is 18.7. The van der Waals surface area contributed by atoms with Gasteiger partial charge in [-0.05, 0) is 131 Å². The van der Waals surface area contributed by atoms with E-state index < -0.39 is 17.9 Å². The summed E-state index contributed by atoms with van der Waals surface area (Å²) >= 11 is 0. The van der Waals surface area contributed by atoms with Gasteiger partial charge in [-0.25, -0.2) is 14.4 Å². The number of ether oxygens (including phenoxy) is 5. The Morgan fingerprint density at radius 1 is 0.592 bits per heavy atom. The molecule has 10 nitrogen and oxygen atoms in total. The van der Waals surface area contributed by atoms with Crippen LogP contribution in [0.5, 0.6) is 17.2 Å². The first-order valence-corrected chi connectivity index (χ1v) is 16.5. The van der Waals surface area contributed by atoms with Crippen LogP contribution in [0.25, 0.3) is 0 Å². The molecule has 0 saturated heterocycles. The third kappa shape index (κ3) is 14.5. The fraction of sp³-hybridized carbons (Fsp3) is 0.333. The van der Waals surface area contributed by atoms with Crippen molar-refractivity contribution >= 4 is 29.5 Å². The van der Waals surface area contributed by atoms with Crippen LogP contribution in [0.15, 0.2) is 92.0 Å². The zero-order valence-electron chi connectivity index (χ0n) is 28.1. The van der Waals surface area contributed by atoms with Gasteiger partial charge >= 0.3 is 17.9 Å². The fourth-order valence-corrected chi connectivity index (χ4v) is 4.55. The summed E-state index contributed by atoms with van der Waals surface area (Å²) in [7, 11) is 0. The predicted octanol–water partition coefficient (Wildman–Crippen LogP) is 7.80. The number of aryl methyl sites for hydroxylation is 1. The van der Waals surface area contributed by atoms with Crippen LogP contribution in [0.4, 0.5) is 5.69 Å². The van der Waals surface area contributed by atoms with Crippen molar-refractivity contribution < 1.29 is 42.9 Å². The van der Waals surface area contributed by atoms with Gasteiger partial charge < -0.3 is 29.0 Å². The summed E-state index contributed by atoms with van der Waals surface area (Å²) in [6.45, 7) is 10.4. The topological polar surface area (TPSA) is 126 Å². The standard InChI is InChI=1S/C39H45NO9/c1-4-36(41)47-26-12-8-6-10-24-45-32-18-14-30(15-19-32)38(43)40-35-23-22-34(28-29(35)3)49-39(44)31-16-20-33(21-17-31)46-25-11-7-9-13-27-48-37(42)5-2/h4-5,14-23,28H,1-2,6-13,24-27H2,3H3,(H,40,43). The second-order valence-corrected chi connectivity index (χ2v) is 11.1. The number of hydrogen-bond acceptors (Lipinski definition) is 9. The minimum atomic E-state index is -0.506. The Kier molecular flexibility index (Phi) is 16.7. The molecule has 0 aliphatic heterocycles. The highest BCUT2D eigenvalue weighted by Crippen LogP contribution is 2.24. The second kappa shape index (κ2) is 21.5. The van der Waals surface area contributed by atoms with E-state index in [1.165, 1.54) is 0 Å². The molecule has 0 aliphatic rings. The largest absolute Gasteiger partial charge is 0.494 e. The molecule has 10 heteroatoms. The van der Waals surface area contributed by atoms with Gasteiger partial charge in [-0.15, -0.1) is 0 Å². The molecule has 0 radical (unpaired) electrons. The van der Waals surface area contributed by atoms with E-state index in [9.17, 15) is 19.2 Å². The average Bonchev–Trinajstić information content (AvgIpc) is 3.11. The number of nitrogens with one attached hydrogen (secondary N) is 1. The van der Waals surface area contributed by atoms with Gasteiger partial charge in [0.2, 0.25) is 0 Å². The first-order chi connectivity index (χ1) is 23.8. The van der Waals surface area contributed by atoms with Crippen molar-refractivity contribution in [1.82, 2.24) is 0 Å². The van der Waals surface area contributed by atoms with Gasteiger partial charge in [0, 0.05) is 23.4 Å². The third-order valence-corrected chi connectivity index (χ3v) is 7.30. The highest BCUT2D eigenvalue weighted by atomic mass is 16.5. The number of esters is 3. The molecule has 1 amide bonds. The fourth-order valence-electron chi connectivity index (χ4n) is 4.55. The second-order valence-electron chi connectivity index (χ2n) is 11.1. The molecule has 3 aromatic carbocycles. The number of amides is 1. The van der Waals surface area contributed by atoms with Crippen LogP contribution in [0.3, 0.4) is 0 Å². The minimum Gasteiger partial charge on any atom is -0.494 e. The SMILES string of the molecule is C=CC(=O)OCCCCCCOc1ccc(C(=O)Nc2ccc(OC(=O)c3ccc(OCCCCCCOC(=O)C=C)cc3)cc2C)cc1. The third-order valence-electron chi connectivity index (χ3n) is 7.30. The Morgan fingerprint density at radius 3 is 1.51 bits per heavy atom. The number of carbonyl (C=O) groups excluding carboxylic acids is 4. The smallest absolute Gasteiger partial charge is 0.343 e. The molecule has 49 heavy (non-hydrogen) atoms. The maximum Gasteiger partial charge on any atom is 0.343 e. The molecular formula is C39H45NO9. The molecule has 260 valence electrons. The monoisotopic (exact) mass is 671 g/mol. The lowest BCUT2D eigenvalue weighted by atomic mass is 10.1. The van der Waals surface area contributed by atoms with Crippen LogP contribution < -0.4 is 19.5 Å². The van der Waals surface area contributed by atoms with Gasteiger partial charge in [-0.2, -0.15) is 0 Å². The summed E-state index contributed by atoms with van der Waals surface area (Å²) in [5.74, 6) is 0.107. The molecular weight excluding hydrogens is 626 g/mol. The van der Waals surface area contributed by atoms with Gasteiger partial charge in [-0.1, -0.05) is 13.2 Å². The van der Waals surface area contributed by atoms with Gasteiger partial charge in [-0.3, -0.25) is 4.79 Å². The van der Waals surface area contributed by atoms with Crippen molar-refractivity contribution in [3.63, 3.8) is 0 Å². The summed E-state index contributed by atoms with van der Waals surface area (Å²) in [4.78, 5) is 47.6. The Morgan fingerprint density at radius 2 is 1.04 bits per heavy atom. The normalized spacial score (nSPS) is 10.4. The lowest BCUT2D eigenvalue weighted by Gasteiger charge is -2.12. The number of hydrogen-bond donors (Lipinski definition) is 1. The van der Waals surface area contributed by atoms with E-state index in [0.717, 1.165) is 69.1 Å². The van der Waals surface area contributed by atoms with E-state index >= 15 is 0 Å². The Balaban J connectivity index is 1.35. The molecule has 0 saturated carbocycles. The number of benzene rings is 3. The van der Waals surface area contributed by atoms with Crippen molar-refractivity contribution in [2.45, 2.75) is 58.3 Å². The van der Waals surface area contributed by atoms with E-state index in [0.29, 0.717) is 60.5 Å². The van der Waals surface area contributed by atoms with Crippen molar-refractivity contribution in [3.05, 3.63) is 109 Å². The molecule has 0 aliphatic carbocycles. The van der Waals surface area contributed by atoms with Crippen LogP contribution in [-0.2, 0) is 19.1 Å². The maximum absolute atomic E-state index is 12.9. The van der Waals surface area contributed by atoms with Crippen molar-refractivity contribution in [1.29, 1.82) is 0 Å². The van der Waals surface area contributed by atoms with Crippen molar-refractivity contribution in [3.8, 4) is 17.2 Å². The Labute approximate surface area is 288 Å². The quantitative estimate of drug-likeness (QED) is 0.0493. The Bertz CT molecular complexity index is 1530. The molecule has 1 N–H and O–H groups in total. The number of anilines is 1. The number of rotatable bonds is 22. The van der Waals surface area contributed by atoms with Gasteiger partial charge in [0.1, 0.15) is 17.2 Å². The van der Waals surface area contributed by atoms with Gasteiger partial charge in [0.05, 0.1) is 32.0 Å². The molecule has 0 bridgehead atoms. The first kappa shape index (κ1) is 38.1. The van der Waals surface area contributed by atoms with Gasteiger partial charge in [0.15, 0.2) is 0 Å². The van der Waals surface area contributed by atoms with E-state index in [1.54, 1.807) is 66.7 Å². The lowest BCUT2D eigenvalue weighted by molar-refractivity contribution is -0.138. The highest BCUT2D eigenvalue weighted by Gasteiger charge is 2.12. The van der Waals surface area contributed by atoms with Crippen molar-refractivity contribution in [2.75, 3.05) is 31.7 Å². The zero-order valence-corrected chi connectivity index (χ0v) is 28.1. The summed E-state index contributed by atoms with van der Waals surface area (Å²) in [5, 5.41) is 2.90. The van der Waals surface area contributed by atoms with E-state index in [4.69, 9.17) is 23.7 Å². The van der Waals surface area contributed by atoms with Crippen molar-refractivity contribution in [2.24, 2.45) is 0 Å². The van der Waals surface area contributed by atoms with Crippen LogP contribution in [0.2, 0.25) is 0 Å². The van der Waals surface area contributed by atoms with E-state index in [2.05, 4.69) is 18.5 Å². The Hall–Kier alpha value is -5.38. The zero-order chi connectivity index (χ0) is 35.3. The average molecular weight is 672 g/mol. The predicted molar refractivity (Wildman–Crippen MR) is 187 cm³/mol. The highest BCUT2D eigenvalue weighted by molar-refractivity contribution is 6.04. The maximum atomic E-state index is 12.9. The van der Waals surface area contributed by atoms with Crippen LogP contribution in [0.1, 0.15) is 77.6 Å². The van der Waals surface area contributed by atoms with Crippen LogP contribution in [0, 0.1) is 6.92 Å². The molecule has 0 unspecified atom stereocenters. The lowest BCUT2D eigenvalue weighted by Crippen LogP contribution is -2.13. The summed E-state index contributed by atoms with van der Waals surface area (Å²) < 4.78 is 27.0. The minimum absolute atomic E-state index is 0.273. The van der Waals surface area contributed by atoms with E-state index in [1.807, 2.05) is 6.92 Å². The molecule has 3 rings (SSSR count). The number of carbonyl (C=O) groups is 4. The van der Waals surface area contributed by atoms with Crippen LogP contribution in [-0.4, -0.2) is 50.2 Å². The summed E-state index contributed by atoms with van der Waals surface area (Å²) in [5.41, 5.74) is 2.20. The van der Waals surface area contributed by atoms with Gasteiger partial charge in [0.25, 0.3) is 5.91 Å². The summed E-state index contributed by atoms with van der Waals surface area (Å²) in [6.07, 6.45) is 9.39. The van der Waals surface area contributed by atoms with E-state index in [-0.39, 0.29) is 5.91 Å². The van der Waals surface area contributed by atoms with Crippen LogP contribution >= 0.6 is 0 Å². The number of unbranched alkanes of at least 4 members (excludes halogenated alkanes) is 6. The molecule has 0 heterocycles. The molecule has 3 aromatic rings.